The Hall–Kier alpha value is -7.94. The molecule has 0 bridgehead atoms. The van der Waals surface area contributed by atoms with Gasteiger partial charge in [-0.1, -0.05) is 170 Å². The van der Waals surface area contributed by atoms with E-state index in [0.29, 0.717) is 0 Å². The van der Waals surface area contributed by atoms with E-state index < -0.39 is 0 Å². The molecule has 2 heteroatoms. The highest BCUT2D eigenvalue weighted by atomic mass is 16.3. The van der Waals surface area contributed by atoms with Gasteiger partial charge in [0.2, 0.25) is 0 Å². The number of aromatic nitrogens is 1. The van der Waals surface area contributed by atoms with E-state index in [1.54, 1.807) is 0 Å². The van der Waals surface area contributed by atoms with Crippen molar-refractivity contribution < 1.29 is 4.42 Å². The SMILES string of the molecule is c1ccc(-n2c3ccc(-c4ccc(-c5ccc6c(c5)-c5ccccc5C6c5ccc6ccccc6c5)cc4)cc3c3cc(-c4cccc5c4oc4ccccc45)ccc32)cc1. The number of hydrogen-bond acceptors (Lipinski definition) is 1. The van der Waals surface area contributed by atoms with Crippen LogP contribution in [0.4, 0.5) is 0 Å². The summed E-state index contributed by atoms with van der Waals surface area (Å²) in [5, 5.41) is 7.27. The Kier molecular flexibility index (Phi) is 7.40. The number of rotatable bonds is 5. The average Bonchev–Trinajstić information content (AvgIpc) is 3.99. The molecule has 1 aliphatic carbocycles. The Morgan fingerprint density at radius 3 is 1.79 bits per heavy atom. The average molecular weight is 776 g/mol. The fourth-order valence-corrected chi connectivity index (χ4v) is 10.2. The Morgan fingerprint density at radius 1 is 0.344 bits per heavy atom. The lowest BCUT2D eigenvalue weighted by Crippen LogP contribution is -1.99. The molecule has 2 aromatic heterocycles. The molecule has 0 amide bonds. The van der Waals surface area contributed by atoms with Gasteiger partial charge in [-0.3, -0.25) is 0 Å². The topological polar surface area (TPSA) is 18.1 Å². The van der Waals surface area contributed by atoms with Gasteiger partial charge in [-0.2, -0.15) is 0 Å². The van der Waals surface area contributed by atoms with Crippen molar-refractivity contribution in [1.82, 2.24) is 4.57 Å². The van der Waals surface area contributed by atoms with Crippen LogP contribution in [0.3, 0.4) is 0 Å². The molecule has 0 N–H and O–H groups in total. The largest absolute Gasteiger partial charge is 0.455 e. The number of furan rings is 1. The number of fused-ring (bicyclic) bond motifs is 10. The maximum Gasteiger partial charge on any atom is 0.143 e. The van der Waals surface area contributed by atoms with Crippen LogP contribution in [-0.4, -0.2) is 4.57 Å². The third kappa shape index (κ3) is 5.29. The lowest BCUT2D eigenvalue weighted by molar-refractivity contribution is 0.670. The lowest BCUT2D eigenvalue weighted by Gasteiger charge is -2.16. The summed E-state index contributed by atoms with van der Waals surface area (Å²) in [6.45, 7) is 0. The number of hydrogen-bond donors (Lipinski definition) is 0. The van der Waals surface area contributed by atoms with Crippen molar-refractivity contribution in [2.75, 3.05) is 0 Å². The maximum absolute atomic E-state index is 6.50. The van der Waals surface area contributed by atoms with Gasteiger partial charge in [-0.25, -0.2) is 0 Å². The third-order valence-electron chi connectivity index (χ3n) is 13.1. The minimum absolute atomic E-state index is 0.213. The van der Waals surface area contributed by atoms with Gasteiger partial charge < -0.3 is 8.98 Å². The van der Waals surface area contributed by atoms with Gasteiger partial charge in [0.05, 0.1) is 11.0 Å². The zero-order valence-corrected chi connectivity index (χ0v) is 33.2. The van der Waals surface area contributed by atoms with E-state index >= 15 is 0 Å². The van der Waals surface area contributed by atoms with Crippen molar-refractivity contribution >= 4 is 54.5 Å². The van der Waals surface area contributed by atoms with E-state index in [4.69, 9.17) is 4.42 Å². The molecule has 1 atom stereocenters. The van der Waals surface area contributed by atoms with Crippen LogP contribution in [-0.2, 0) is 0 Å². The quantitative estimate of drug-likeness (QED) is 0.170. The third-order valence-corrected chi connectivity index (χ3v) is 13.1. The highest BCUT2D eigenvalue weighted by Crippen LogP contribution is 2.49. The van der Waals surface area contributed by atoms with Crippen LogP contribution in [0.25, 0.3) is 105 Å². The first-order valence-corrected chi connectivity index (χ1v) is 21.1. The number of benzene rings is 10. The molecule has 284 valence electrons. The van der Waals surface area contributed by atoms with Gasteiger partial charge in [-0.05, 0) is 115 Å². The molecule has 61 heavy (non-hydrogen) atoms. The molecule has 2 nitrogen and oxygen atoms in total. The summed E-state index contributed by atoms with van der Waals surface area (Å²) >= 11 is 0. The smallest absolute Gasteiger partial charge is 0.143 e. The van der Waals surface area contributed by atoms with Crippen LogP contribution in [0, 0.1) is 0 Å². The molecule has 10 aromatic carbocycles. The fraction of sp³-hybridized carbons (Fsp3) is 0.0169. The van der Waals surface area contributed by atoms with Crippen molar-refractivity contribution in [2.24, 2.45) is 0 Å². The molecule has 0 radical (unpaired) electrons. The molecule has 12 aromatic rings. The normalized spacial score (nSPS) is 13.4. The molecule has 0 aliphatic heterocycles. The molecule has 0 saturated heterocycles. The van der Waals surface area contributed by atoms with Gasteiger partial charge in [0, 0.05) is 38.7 Å². The summed E-state index contributed by atoms with van der Waals surface area (Å²) in [5.41, 5.74) is 19.1. The summed E-state index contributed by atoms with van der Waals surface area (Å²) in [6.07, 6.45) is 0. The van der Waals surface area contributed by atoms with Crippen molar-refractivity contribution in [2.45, 2.75) is 5.92 Å². The Balaban J connectivity index is 0.896. The van der Waals surface area contributed by atoms with E-state index in [-0.39, 0.29) is 5.92 Å². The van der Waals surface area contributed by atoms with Crippen molar-refractivity contribution in [3.63, 3.8) is 0 Å². The van der Waals surface area contributed by atoms with E-state index in [1.165, 1.54) is 82.6 Å². The van der Waals surface area contributed by atoms with E-state index in [1.807, 2.05) is 6.07 Å². The molecule has 1 aliphatic rings. The van der Waals surface area contributed by atoms with Crippen molar-refractivity contribution in [3.8, 4) is 50.2 Å². The minimum Gasteiger partial charge on any atom is -0.455 e. The zero-order valence-electron chi connectivity index (χ0n) is 33.2. The summed E-state index contributed by atoms with van der Waals surface area (Å²) in [5.74, 6) is 0.213. The first-order valence-electron chi connectivity index (χ1n) is 21.1. The van der Waals surface area contributed by atoms with Crippen LogP contribution in [0.5, 0.6) is 0 Å². The summed E-state index contributed by atoms with van der Waals surface area (Å²) < 4.78 is 8.89. The maximum atomic E-state index is 6.50. The highest BCUT2D eigenvalue weighted by molar-refractivity contribution is 6.14. The molecule has 0 saturated carbocycles. The van der Waals surface area contributed by atoms with Crippen LogP contribution >= 0.6 is 0 Å². The summed E-state index contributed by atoms with van der Waals surface area (Å²) in [4.78, 5) is 0. The highest BCUT2D eigenvalue weighted by Gasteiger charge is 2.30. The second-order valence-electron chi connectivity index (χ2n) is 16.4. The standard InChI is InChI=1S/C59H37NO/c1-2-13-45(14-3-1)60-55-31-28-42(35-53(55)54-36-43(29-32-56(54)60)46-18-10-19-51-48-16-8-9-20-57(48)61-59(46)51)39-23-21-38(22-24-39)41-27-30-50-52(34-41)47-15-6-7-17-49(47)58(50)44-26-25-37-11-4-5-12-40(37)33-44/h1-36,58H. The predicted molar refractivity (Wildman–Crippen MR) is 255 cm³/mol. The van der Waals surface area contributed by atoms with Gasteiger partial charge in [0.25, 0.3) is 0 Å². The van der Waals surface area contributed by atoms with Crippen molar-refractivity contribution in [1.29, 1.82) is 0 Å². The van der Waals surface area contributed by atoms with Gasteiger partial charge in [0.15, 0.2) is 0 Å². The monoisotopic (exact) mass is 775 g/mol. The van der Waals surface area contributed by atoms with Gasteiger partial charge in [-0.15, -0.1) is 0 Å². The van der Waals surface area contributed by atoms with Crippen LogP contribution in [0.1, 0.15) is 22.6 Å². The molecular formula is C59H37NO. The molecular weight excluding hydrogens is 739 g/mol. The van der Waals surface area contributed by atoms with Crippen LogP contribution in [0.15, 0.2) is 223 Å². The number of para-hydroxylation sites is 3. The Bertz CT molecular complexity index is 3700. The second kappa shape index (κ2) is 13.3. The summed E-state index contributed by atoms with van der Waals surface area (Å²) in [7, 11) is 0. The lowest BCUT2D eigenvalue weighted by atomic mass is 9.87. The minimum atomic E-state index is 0.213. The van der Waals surface area contributed by atoms with Gasteiger partial charge in [0.1, 0.15) is 11.2 Å². The van der Waals surface area contributed by atoms with Crippen LogP contribution < -0.4 is 0 Å². The van der Waals surface area contributed by atoms with Crippen LogP contribution in [0.2, 0.25) is 0 Å². The number of nitrogens with zero attached hydrogens (tertiary/aromatic N) is 1. The molecule has 2 heterocycles. The van der Waals surface area contributed by atoms with E-state index in [0.717, 1.165) is 38.8 Å². The predicted octanol–water partition coefficient (Wildman–Crippen LogP) is 16.0. The summed E-state index contributed by atoms with van der Waals surface area (Å²) in [6, 6.07) is 80.0. The van der Waals surface area contributed by atoms with E-state index in [9.17, 15) is 0 Å². The first kappa shape index (κ1) is 34.0. The molecule has 0 spiro atoms. The molecule has 0 fully saturated rings. The fourth-order valence-electron chi connectivity index (χ4n) is 10.2. The van der Waals surface area contributed by atoms with Gasteiger partial charge >= 0.3 is 0 Å². The second-order valence-corrected chi connectivity index (χ2v) is 16.4. The van der Waals surface area contributed by atoms with E-state index in [2.05, 4.69) is 217 Å². The Morgan fingerprint density at radius 2 is 0.951 bits per heavy atom. The Labute approximate surface area is 353 Å². The molecule has 1 unspecified atom stereocenters. The molecule has 13 rings (SSSR count). The van der Waals surface area contributed by atoms with Crippen molar-refractivity contribution in [3.05, 3.63) is 235 Å². The first-order chi connectivity index (χ1) is 30.2. The zero-order chi connectivity index (χ0) is 40.0.